The van der Waals surface area contributed by atoms with Gasteiger partial charge >= 0.3 is 5.97 Å². The summed E-state index contributed by atoms with van der Waals surface area (Å²) in [7, 11) is 3.42. The number of methoxy groups -OCH3 is 1. The van der Waals surface area contributed by atoms with Crippen molar-refractivity contribution in [1.29, 1.82) is 0 Å². The Balaban J connectivity index is 1.96. The van der Waals surface area contributed by atoms with E-state index in [2.05, 4.69) is 5.32 Å². The van der Waals surface area contributed by atoms with E-state index in [-0.39, 0.29) is 23.9 Å². The highest BCUT2D eigenvalue weighted by atomic mass is 16.5. The fraction of sp³-hybridized carbons (Fsp3) is 0.579. The van der Waals surface area contributed by atoms with Crippen molar-refractivity contribution < 1.29 is 19.4 Å². The van der Waals surface area contributed by atoms with Gasteiger partial charge in [-0.1, -0.05) is 19.1 Å². The average molecular weight is 346 g/mol. The second kappa shape index (κ2) is 6.67. The minimum atomic E-state index is -1.02. The zero-order chi connectivity index (χ0) is 18.2. The average Bonchev–Trinajstić information content (AvgIpc) is 3.36. The monoisotopic (exact) mass is 346 g/mol. The molecule has 1 heterocycles. The van der Waals surface area contributed by atoms with Gasteiger partial charge in [0.1, 0.15) is 11.3 Å². The van der Waals surface area contributed by atoms with E-state index in [9.17, 15) is 14.7 Å². The Kier molecular flexibility index (Phi) is 4.73. The maximum atomic E-state index is 12.8. The number of nitrogens with one attached hydrogen (secondary N) is 1. The van der Waals surface area contributed by atoms with Gasteiger partial charge in [0.15, 0.2) is 0 Å². The van der Waals surface area contributed by atoms with Crippen LogP contribution in [0, 0.1) is 5.92 Å². The van der Waals surface area contributed by atoms with Crippen LogP contribution in [0.3, 0.4) is 0 Å². The van der Waals surface area contributed by atoms with E-state index >= 15 is 0 Å². The van der Waals surface area contributed by atoms with Gasteiger partial charge in [-0.15, -0.1) is 0 Å². The van der Waals surface area contributed by atoms with E-state index in [0.29, 0.717) is 12.8 Å². The maximum absolute atomic E-state index is 12.8. The maximum Gasteiger partial charge on any atom is 0.324 e. The fourth-order valence-electron chi connectivity index (χ4n) is 3.97. The number of aliphatic carboxylic acids is 1. The lowest BCUT2D eigenvalue weighted by Crippen LogP contribution is -2.48. The summed E-state index contributed by atoms with van der Waals surface area (Å²) < 4.78 is 5.21. The first kappa shape index (κ1) is 17.7. The summed E-state index contributed by atoms with van der Waals surface area (Å²) in [6, 6.07) is 7.55. The molecule has 1 aliphatic carbocycles. The number of hydrogen-bond donors (Lipinski definition) is 2. The Morgan fingerprint density at radius 3 is 2.44 bits per heavy atom. The number of likely N-dealkylation sites (N-methyl/N-ethyl adjacent to an activating group) is 1. The second-order valence-electron chi connectivity index (χ2n) is 7.11. The van der Waals surface area contributed by atoms with Crippen LogP contribution in [-0.2, 0) is 9.59 Å². The van der Waals surface area contributed by atoms with Crippen molar-refractivity contribution >= 4 is 11.9 Å². The first-order valence-corrected chi connectivity index (χ1v) is 8.83. The Morgan fingerprint density at radius 2 is 1.96 bits per heavy atom. The predicted molar refractivity (Wildman–Crippen MR) is 93.4 cm³/mol. The molecule has 2 fully saturated rings. The lowest BCUT2D eigenvalue weighted by atomic mass is 9.87. The highest BCUT2D eigenvalue weighted by Gasteiger charge is 2.56. The summed E-state index contributed by atoms with van der Waals surface area (Å²) in [6.45, 7) is 1.87. The zero-order valence-electron chi connectivity index (χ0n) is 15.0. The normalized spacial score (nSPS) is 29.4. The molecule has 2 N–H and O–H groups in total. The van der Waals surface area contributed by atoms with Gasteiger partial charge in [-0.2, -0.15) is 0 Å². The molecule has 0 radical (unpaired) electrons. The van der Waals surface area contributed by atoms with Crippen LogP contribution in [-0.4, -0.2) is 47.6 Å². The van der Waals surface area contributed by atoms with Crippen molar-refractivity contribution in [2.45, 2.75) is 50.2 Å². The molecule has 0 spiro atoms. The molecule has 6 heteroatoms. The molecule has 0 aromatic heterocycles. The number of hydrogen-bond acceptors (Lipinski definition) is 4. The SMILES string of the molecule is CC[C@@]1(C(=O)O)C[C@H](C(=O)NC2CC2)[C@H](c2ccc(OC)cc2)N1C. The Bertz CT molecular complexity index is 656. The molecule has 25 heavy (non-hydrogen) atoms. The van der Waals surface area contributed by atoms with Crippen molar-refractivity contribution in [2.75, 3.05) is 14.2 Å². The van der Waals surface area contributed by atoms with Gasteiger partial charge in [-0.05, 0) is 50.4 Å². The lowest BCUT2D eigenvalue weighted by Gasteiger charge is -2.34. The third kappa shape index (κ3) is 3.11. The van der Waals surface area contributed by atoms with Gasteiger partial charge in [0.25, 0.3) is 0 Å². The van der Waals surface area contributed by atoms with Crippen LogP contribution >= 0.6 is 0 Å². The highest BCUT2D eigenvalue weighted by molar-refractivity contribution is 5.85. The second-order valence-corrected chi connectivity index (χ2v) is 7.11. The number of amides is 1. The van der Waals surface area contributed by atoms with E-state index in [1.54, 1.807) is 7.11 Å². The van der Waals surface area contributed by atoms with Gasteiger partial charge in [0.05, 0.1) is 13.0 Å². The first-order chi connectivity index (χ1) is 11.9. The van der Waals surface area contributed by atoms with Crippen LogP contribution in [0.5, 0.6) is 5.75 Å². The molecule has 1 aromatic carbocycles. The number of carboxylic acid groups (broad SMARTS) is 1. The van der Waals surface area contributed by atoms with Gasteiger partial charge < -0.3 is 15.2 Å². The lowest BCUT2D eigenvalue weighted by molar-refractivity contribution is -0.150. The number of ether oxygens (including phenoxy) is 1. The van der Waals surface area contributed by atoms with Crippen molar-refractivity contribution in [1.82, 2.24) is 10.2 Å². The van der Waals surface area contributed by atoms with Crippen LogP contribution in [0.2, 0.25) is 0 Å². The summed E-state index contributed by atoms with van der Waals surface area (Å²) in [5.41, 5.74) is -0.0771. The predicted octanol–water partition coefficient (Wildman–Crippen LogP) is 2.20. The van der Waals surface area contributed by atoms with E-state index in [4.69, 9.17) is 4.74 Å². The smallest absolute Gasteiger partial charge is 0.324 e. The van der Waals surface area contributed by atoms with Crippen molar-refractivity contribution in [3.05, 3.63) is 29.8 Å². The molecule has 1 saturated carbocycles. The third-order valence-corrected chi connectivity index (χ3v) is 5.73. The summed E-state index contributed by atoms with van der Waals surface area (Å²) >= 11 is 0. The summed E-state index contributed by atoms with van der Waals surface area (Å²) in [5, 5.41) is 12.9. The van der Waals surface area contributed by atoms with Gasteiger partial charge in [-0.25, -0.2) is 0 Å². The molecule has 3 rings (SSSR count). The van der Waals surface area contributed by atoms with Crippen molar-refractivity contribution in [2.24, 2.45) is 5.92 Å². The molecular formula is C19H26N2O4. The molecule has 1 amide bonds. The molecule has 1 aromatic rings. The molecule has 3 atom stereocenters. The van der Waals surface area contributed by atoms with Gasteiger partial charge in [-0.3, -0.25) is 14.5 Å². The molecule has 2 aliphatic rings. The van der Waals surface area contributed by atoms with Crippen LogP contribution in [0.15, 0.2) is 24.3 Å². The summed E-state index contributed by atoms with van der Waals surface area (Å²) in [5.74, 6) is -0.539. The number of nitrogens with zero attached hydrogens (tertiary/aromatic N) is 1. The largest absolute Gasteiger partial charge is 0.497 e. The number of carbonyl (C=O) groups is 2. The van der Waals surface area contributed by atoms with Crippen LogP contribution in [0.1, 0.15) is 44.2 Å². The number of likely N-dealkylation sites (tertiary alicyclic amines) is 1. The quantitative estimate of drug-likeness (QED) is 0.825. The molecule has 1 saturated heterocycles. The topological polar surface area (TPSA) is 78.9 Å². The first-order valence-electron chi connectivity index (χ1n) is 8.83. The van der Waals surface area contributed by atoms with E-state index in [1.165, 1.54) is 0 Å². The standard InChI is InChI=1S/C19H26N2O4/c1-4-19(18(23)24)11-15(17(22)20-13-7-8-13)16(21(19)2)12-5-9-14(25-3)10-6-12/h5-6,9-10,13,15-16H,4,7-8,11H2,1-3H3,(H,20,22)(H,23,24)/t15-,16-,19-/m0/s1. The molecule has 6 nitrogen and oxygen atoms in total. The van der Waals surface area contributed by atoms with Crippen LogP contribution in [0.4, 0.5) is 0 Å². The number of rotatable bonds is 6. The Labute approximate surface area is 148 Å². The fourth-order valence-corrected chi connectivity index (χ4v) is 3.97. The van der Waals surface area contributed by atoms with Crippen LogP contribution in [0.25, 0.3) is 0 Å². The van der Waals surface area contributed by atoms with E-state index < -0.39 is 11.5 Å². The Morgan fingerprint density at radius 1 is 1.32 bits per heavy atom. The summed E-state index contributed by atoms with van der Waals surface area (Å²) in [4.78, 5) is 26.7. The molecule has 0 unspecified atom stereocenters. The molecule has 0 bridgehead atoms. The van der Waals surface area contributed by atoms with E-state index in [0.717, 1.165) is 24.2 Å². The molecular weight excluding hydrogens is 320 g/mol. The zero-order valence-corrected chi connectivity index (χ0v) is 15.0. The minimum Gasteiger partial charge on any atom is -0.497 e. The molecule has 1 aliphatic heterocycles. The number of carboxylic acids is 1. The third-order valence-electron chi connectivity index (χ3n) is 5.73. The molecule has 136 valence electrons. The van der Waals surface area contributed by atoms with Crippen molar-refractivity contribution in [3.8, 4) is 5.75 Å². The minimum absolute atomic E-state index is 0.0354. The van der Waals surface area contributed by atoms with Crippen LogP contribution < -0.4 is 10.1 Å². The number of benzene rings is 1. The Hall–Kier alpha value is -2.08. The van der Waals surface area contributed by atoms with Gasteiger partial charge in [0.2, 0.25) is 5.91 Å². The number of carbonyl (C=O) groups excluding carboxylic acids is 1. The van der Waals surface area contributed by atoms with Gasteiger partial charge in [0, 0.05) is 12.1 Å². The highest BCUT2D eigenvalue weighted by Crippen LogP contribution is 2.48. The van der Waals surface area contributed by atoms with E-state index in [1.807, 2.05) is 43.1 Å². The van der Waals surface area contributed by atoms with Crippen molar-refractivity contribution in [3.63, 3.8) is 0 Å². The summed E-state index contributed by atoms with van der Waals surface area (Å²) in [6.07, 6.45) is 2.81.